The summed E-state index contributed by atoms with van der Waals surface area (Å²) in [5.74, 6) is 1.37. The van der Waals surface area contributed by atoms with Crippen LogP contribution in [-0.4, -0.2) is 76.7 Å². The van der Waals surface area contributed by atoms with E-state index in [0.717, 1.165) is 35.6 Å². The van der Waals surface area contributed by atoms with Crippen molar-refractivity contribution in [3.63, 3.8) is 0 Å². The van der Waals surface area contributed by atoms with Crippen molar-refractivity contribution in [2.75, 3.05) is 50.0 Å². The van der Waals surface area contributed by atoms with E-state index >= 15 is 0 Å². The highest BCUT2D eigenvalue weighted by Crippen LogP contribution is 2.28. The van der Waals surface area contributed by atoms with Crippen molar-refractivity contribution in [2.45, 2.75) is 18.5 Å². The van der Waals surface area contributed by atoms with Gasteiger partial charge in [0.25, 0.3) is 0 Å². The predicted octanol–water partition coefficient (Wildman–Crippen LogP) is 1.45. The molecule has 2 fully saturated rings. The smallest absolute Gasteiger partial charge is 0.324 e. The fraction of sp³-hybridized carbons (Fsp3) is 0.474. The van der Waals surface area contributed by atoms with Gasteiger partial charge in [0.05, 0.1) is 25.4 Å². The third kappa shape index (κ3) is 4.38. The van der Waals surface area contributed by atoms with Crippen LogP contribution in [0.4, 0.5) is 10.7 Å². The number of aryl methyl sites for hydroxylation is 1. The molecule has 0 radical (unpaired) electrons. The van der Waals surface area contributed by atoms with Crippen molar-refractivity contribution < 1.29 is 14.3 Å². The van der Waals surface area contributed by atoms with E-state index in [9.17, 15) is 9.59 Å². The summed E-state index contributed by atoms with van der Waals surface area (Å²) >= 11 is 1.58. The number of anilines is 1. The van der Waals surface area contributed by atoms with Crippen molar-refractivity contribution in [2.24, 2.45) is 0 Å². The lowest BCUT2D eigenvalue weighted by molar-refractivity contribution is -0.124. The topological polar surface area (TPSA) is 92.6 Å². The third-order valence-corrected chi connectivity index (χ3v) is 5.88. The van der Waals surface area contributed by atoms with E-state index in [2.05, 4.69) is 50.1 Å². The molecule has 154 valence electrons. The molecule has 0 saturated carbocycles. The molecular formula is C19H24N6O3S. The molecule has 1 N–H and O–H groups in total. The van der Waals surface area contributed by atoms with Crippen molar-refractivity contribution in [1.82, 2.24) is 25.0 Å². The van der Waals surface area contributed by atoms with Crippen LogP contribution >= 0.6 is 11.8 Å². The molecule has 10 heteroatoms. The number of thioether (sulfide) groups is 1. The number of carbonyl (C=O) groups is 2. The van der Waals surface area contributed by atoms with E-state index < -0.39 is 0 Å². The first-order valence-electron chi connectivity index (χ1n) is 9.69. The van der Waals surface area contributed by atoms with Gasteiger partial charge < -0.3 is 15.0 Å². The molecule has 0 atom stereocenters. The van der Waals surface area contributed by atoms with Gasteiger partial charge in [-0.2, -0.15) is 0 Å². The largest absolute Gasteiger partial charge is 0.378 e. The van der Waals surface area contributed by atoms with E-state index in [1.807, 2.05) is 6.07 Å². The molecular weight excluding hydrogens is 392 g/mol. The van der Waals surface area contributed by atoms with Crippen molar-refractivity contribution in [1.29, 1.82) is 0 Å². The molecule has 0 bridgehead atoms. The van der Waals surface area contributed by atoms with Gasteiger partial charge in [-0.3, -0.25) is 14.3 Å². The van der Waals surface area contributed by atoms with E-state index in [4.69, 9.17) is 4.74 Å². The maximum Gasteiger partial charge on any atom is 0.324 e. The Balaban J connectivity index is 1.49. The minimum atomic E-state index is -0.308. The van der Waals surface area contributed by atoms with Crippen LogP contribution in [0.1, 0.15) is 12.0 Å². The molecule has 4 rings (SSSR count). The summed E-state index contributed by atoms with van der Waals surface area (Å²) in [7, 11) is 0. The predicted molar refractivity (Wildman–Crippen MR) is 110 cm³/mol. The normalized spacial score (nSPS) is 17.1. The number of amides is 3. The lowest BCUT2D eigenvalue weighted by Gasteiger charge is -2.28. The van der Waals surface area contributed by atoms with Gasteiger partial charge in [0.15, 0.2) is 5.16 Å². The molecule has 2 aliphatic heterocycles. The summed E-state index contributed by atoms with van der Waals surface area (Å²) in [4.78, 5) is 26.8. The number of nitrogens with zero attached hydrogens (tertiary/aromatic N) is 5. The van der Waals surface area contributed by atoms with E-state index in [1.54, 1.807) is 11.8 Å². The fourth-order valence-corrected chi connectivity index (χ4v) is 4.26. The minimum Gasteiger partial charge on any atom is -0.378 e. The first-order chi connectivity index (χ1) is 14.1. The summed E-state index contributed by atoms with van der Waals surface area (Å²) in [6, 6.07) is 7.95. The van der Waals surface area contributed by atoms with Gasteiger partial charge in [-0.05, 0) is 31.0 Å². The Kier molecular flexibility index (Phi) is 6.00. The number of aromatic nitrogens is 3. The molecule has 0 unspecified atom stereocenters. The summed E-state index contributed by atoms with van der Waals surface area (Å²) in [6.07, 6.45) is 0.692. The molecule has 0 aliphatic carbocycles. The molecule has 9 nitrogen and oxygen atoms in total. The van der Waals surface area contributed by atoms with Gasteiger partial charge in [0.1, 0.15) is 0 Å². The van der Waals surface area contributed by atoms with Crippen LogP contribution in [0.25, 0.3) is 5.69 Å². The quantitative estimate of drug-likeness (QED) is 0.415. The molecule has 0 spiro atoms. The fourth-order valence-electron chi connectivity index (χ4n) is 3.38. The van der Waals surface area contributed by atoms with Crippen LogP contribution < -0.4 is 10.2 Å². The average molecular weight is 417 g/mol. The van der Waals surface area contributed by atoms with Crippen LogP contribution in [-0.2, 0) is 9.53 Å². The molecule has 2 aliphatic rings. The maximum absolute atomic E-state index is 11.7. The first-order valence-corrected chi connectivity index (χ1v) is 10.7. The van der Waals surface area contributed by atoms with Crippen molar-refractivity contribution in [3.05, 3.63) is 29.8 Å². The molecule has 1 aromatic heterocycles. The number of morpholine rings is 1. The number of imide groups is 1. The molecule has 3 heterocycles. The Bertz CT molecular complexity index is 880. The number of hydrogen-bond acceptors (Lipinski definition) is 7. The van der Waals surface area contributed by atoms with Crippen LogP contribution in [0.3, 0.4) is 0 Å². The lowest BCUT2D eigenvalue weighted by atomic mass is 10.2. The number of hydrogen-bond donors (Lipinski definition) is 1. The Morgan fingerprint density at radius 3 is 2.76 bits per heavy atom. The summed E-state index contributed by atoms with van der Waals surface area (Å²) in [6.45, 7) is 5.47. The van der Waals surface area contributed by atoms with Gasteiger partial charge in [-0.25, -0.2) is 4.79 Å². The third-order valence-electron chi connectivity index (χ3n) is 4.86. The Labute approximate surface area is 173 Å². The Morgan fingerprint density at radius 2 is 2.03 bits per heavy atom. The van der Waals surface area contributed by atoms with Crippen LogP contribution in [0.5, 0.6) is 0 Å². The van der Waals surface area contributed by atoms with Crippen LogP contribution in [0, 0.1) is 6.92 Å². The van der Waals surface area contributed by atoms with E-state index in [0.29, 0.717) is 26.2 Å². The molecule has 29 heavy (non-hydrogen) atoms. The lowest BCUT2D eigenvalue weighted by Crippen LogP contribution is -2.37. The second-order valence-electron chi connectivity index (χ2n) is 6.96. The standard InChI is InChI=1S/C19H24N6O3S/c1-14-4-2-5-15(12-14)25-17(23-7-9-28-10-8-23)21-22-19(25)29-11-3-6-24-16(26)13-20-18(24)27/h2,4-5,12H,3,6-11,13H2,1H3,(H,20,27). The molecule has 1 aromatic carbocycles. The van der Waals surface area contributed by atoms with Gasteiger partial charge in [-0.15, -0.1) is 10.2 Å². The van der Waals surface area contributed by atoms with Gasteiger partial charge >= 0.3 is 6.03 Å². The number of benzene rings is 1. The molecule has 2 saturated heterocycles. The Hall–Kier alpha value is -2.59. The number of ether oxygens (including phenoxy) is 1. The number of rotatable bonds is 7. The van der Waals surface area contributed by atoms with E-state index in [1.165, 1.54) is 10.5 Å². The zero-order valence-electron chi connectivity index (χ0n) is 16.3. The van der Waals surface area contributed by atoms with Gasteiger partial charge in [0, 0.05) is 25.4 Å². The number of carbonyl (C=O) groups excluding carboxylic acids is 2. The highest BCUT2D eigenvalue weighted by atomic mass is 32.2. The summed E-state index contributed by atoms with van der Waals surface area (Å²) < 4.78 is 7.55. The van der Waals surface area contributed by atoms with Crippen LogP contribution in [0.2, 0.25) is 0 Å². The van der Waals surface area contributed by atoms with Crippen molar-refractivity contribution in [3.8, 4) is 5.69 Å². The van der Waals surface area contributed by atoms with Crippen molar-refractivity contribution >= 4 is 29.6 Å². The highest BCUT2D eigenvalue weighted by Gasteiger charge is 2.28. The minimum absolute atomic E-state index is 0.0938. The molecule has 3 amide bonds. The zero-order valence-corrected chi connectivity index (χ0v) is 17.2. The SMILES string of the molecule is Cc1cccc(-n2c(SCCCN3C(=O)CNC3=O)nnc2N2CCOCC2)c1. The number of nitrogens with one attached hydrogen (secondary N) is 1. The van der Waals surface area contributed by atoms with E-state index in [-0.39, 0.29) is 18.5 Å². The van der Waals surface area contributed by atoms with Crippen LogP contribution in [0.15, 0.2) is 29.4 Å². The highest BCUT2D eigenvalue weighted by molar-refractivity contribution is 7.99. The summed E-state index contributed by atoms with van der Waals surface area (Å²) in [5, 5.41) is 12.2. The number of urea groups is 1. The zero-order chi connectivity index (χ0) is 20.2. The molecule has 2 aromatic rings. The average Bonchev–Trinajstić information content (AvgIpc) is 3.29. The Morgan fingerprint density at radius 1 is 1.21 bits per heavy atom. The van der Waals surface area contributed by atoms with Gasteiger partial charge in [0.2, 0.25) is 11.9 Å². The maximum atomic E-state index is 11.7. The second-order valence-corrected chi connectivity index (χ2v) is 8.02. The monoisotopic (exact) mass is 416 g/mol. The first kappa shape index (κ1) is 19.7. The second kappa shape index (κ2) is 8.83. The summed E-state index contributed by atoms with van der Waals surface area (Å²) in [5.41, 5.74) is 2.19. The van der Waals surface area contributed by atoms with Gasteiger partial charge in [-0.1, -0.05) is 23.9 Å².